The van der Waals surface area contributed by atoms with Crippen LogP contribution in [0, 0.1) is 5.41 Å². The highest BCUT2D eigenvalue weighted by Gasteiger charge is 2.23. The number of benzene rings is 1. The van der Waals surface area contributed by atoms with E-state index in [0.29, 0.717) is 11.5 Å². The van der Waals surface area contributed by atoms with E-state index >= 15 is 0 Å². The van der Waals surface area contributed by atoms with Crippen molar-refractivity contribution in [3.8, 4) is 0 Å². The quantitative estimate of drug-likeness (QED) is 0.774. The Morgan fingerprint density at radius 3 is 2.25 bits per heavy atom. The number of rotatable bonds is 8. The normalized spacial score (nSPS) is 13.7. The summed E-state index contributed by atoms with van der Waals surface area (Å²) in [7, 11) is 0. The summed E-state index contributed by atoms with van der Waals surface area (Å²) in [6, 6.07) is 11.3. The number of hydrogen-bond donors (Lipinski definition) is 1. The van der Waals surface area contributed by atoms with Crippen LogP contribution in [0.15, 0.2) is 30.3 Å². The molecule has 0 aliphatic heterocycles. The van der Waals surface area contributed by atoms with Crippen molar-refractivity contribution >= 4 is 0 Å². The SMILES string of the molecule is CCNC(CCN(CC)Cc1ccccc1)C(C)(C)C. The molecule has 2 nitrogen and oxygen atoms in total. The zero-order valence-electron chi connectivity index (χ0n) is 13.9. The summed E-state index contributed by atoms with van der Waals surface area (Å²) in [5.41, 5.74) is 1.73. The molecule has 1 rings (SSSR count). The van der Waals surface area contributed by atoms with Gasteiger partial charge in [-0.3, -0.25) is 4.90 Å². The van der Waals surface area contributed by atoms with Crippen LogP contribution < -0.4 is 5.32 Å². The van der Waals surface area contributed by atoms with Gasteiger partial charge < -0.3 is 5.32 Å². The lowest BCUT2D eigenvalue weighted by Gasteiger charge is -2.33. The van der Waals surface area contributed by atoms with Gasteiger partial charge in [0, 0.05) is 12.6 Å². The maximum absolute atomic E-state index is 3.64. The Bertz CT molecular complexity index is 353. The van der Waals surface area contributed by atoms with Crippen LogP contribution in [0.1, 0.15) is 46.6 Å². The van der Waals surface area contributed by atoms with Gasteiger partial charge in [-0.2, -0.15) is 0 Å². The predicted octanol–water partition coefficient (Wildman–Crippen LogP) is 3.92. The van der Waals surface area contributed by atoms with Gasteiger partial charge in [0.05, 0.1) is 0 Å². The third-order valence-corrected chi connectivity index (χ3v) is 3.93. The lowest BCUT2D eigenvalue weighted by Crippen LogP contribution is -2.42. The number of nitrogens with one attached hydrogen (secondary N) is 1. The third-order valence-electron chi connectivity index (χ3n) is 3.93. The molecule has 0 saturated carbocycles. The molecule has 114 valence electrons. The number of hydrogen-bond acceptors (Lipinski definition) is 2. The second kappa shape index (κ2) is 8.43. The van der Waals surface area contributed by atoms with E-state index in [1.807, 2.05) is 0 Å². The molecule has 0 radical (unpaired) electrons. The second-order valence-electron chi connectivity index (χ2n) is 6.62. The van der Waals surface area contributed by atoms with Gasteiger partial charge >= 0.3 is 0 Å². The molecular formula is C18H32N2. The highest BCUT2D eigenvalue weighted by molar-refractivity contribution is 5.14. The molecule has 1 unspecified atom stereocenters. The van der Waals surface area contributed by atoms with Crippen molar-refractivity contribution in [3.05, 3.63) is 35.9 Å². The molecule has 0 aromatic heterocycles. The zero-order chi connectivity index (χ0) is 15.0. The van der Waals surface area contributed by atoms with Crippen LogP contribution in [0.2, 0.25) is 0 Å². The lowest BCUT2D eigenvalue weighted by molar-refractivity contribution is 0.206. The van der Waals surface area contributed by atoms with E-state index in [1.54, 1.807) is 0 Å². The smallest absolute Gasteiger partial charge is 0.0233 e. The molecule has 1 aromatic carbocycles. The van der Waals surface area contributed by atoms with Gasteiger partial charge in [0.15, 0.2) is 0 Å². The Balaban J connectivity index is 2.51. The van der Waals surface area contributed by atoms with Crippen molar-refractivity contribution in [2.75, 3.05) is 19.6 Å². The molecule has 0 fully saturated rings. The fourth-order valence-corrected chi connectivity index (χ4v) is 2.59. The highest BCUT2D eigenvalue weighted by atomic mass is 15.1. The minimum Gasteiger partial charge on any atom is -0.314 e. The molecule has 0 saturated heterocycles. The van der Waals surface area contributed by atoms with Gasteiger partial charge in [-0.25, -0.2) is 0 Å². The molecule has 1 atom stereocenters. The fourth-order valence-electron chi connectivity index (χ4n) is 2.59. The predicted molar refractivity (Wildman–Crippen MR) is 88.9 cm³/mol. The van der Waals surface area contributed by atoms with Crippen molar-refractivity contribution in [3.63, 3.8) is 0 Å². The first-order chi connectivity index (χ1) is 9.47. The van der Waals surface area contributed by atoms with Crippen LogP contribution >= 0.6 is 0 Å². The molecule has 0 spiro atoms. The molecule has 0 amide bonds. The molecule has 1 N–H and O–H groups in total. The molecule has 0 aliphatic carbocycles. The Morgan fingerprint density at radius 1 is 1.10 bits per heavy atom. The molecule has 0 heterocycles. The summed E-state index contributed by atoms with van der Waals surface area (Å²) >= 11 is 0. The second-order valence-corrected chi connectivity index (χ2v) is 6.62. The number of nitrogens with zero attached hydrogens (tertiary/aromatic N) is 1. The van der Waals surface area contributed by atoms with E-state index in [1.165, 1.54) is 12.0 Å². The lowest BCUT2D eigenvalue weighted by atomic mass is 9.84. The van der Waals surface area contributed by atoms with Gasteiger partial charge in [-0.1, -0.05) is 65.0 Å². The maximum atomic E-state index is 3.64. The summed E-state index contributed by atoms with van der Waals surface area (Å²) in [5.74, 6) is 0. The fraction of sp³-hybridized carbons (Fsp3) is 0.667. The first-order valence-corrected chi connectivity index (χ1v) is 7.97. The van der Waals surface area contributed by atoms with E-state index < -0.39 is 0 Å². The molecule has 2 heteroatoms. The van der Waals surface area contributed by atoms with E-state index in [-0.39, 0.29) is 0 Å². The minimum atomic E-state index is 0.322. The van der Waals surface area contributed by atoms with E-state index in [4.69, 9.17) is 0 Å². The van der Waals surface area contributed by atoms with Crippen LogP contribution in [-0.2, 0) is 6.54 Å². The Hall–Kier alpha value is -0.860. The average Bonchev–Trinajstić information content (AvgIpc) is 2.41. The van der Waals surface area contributed by atoms with E-state index in [0.717, 1.165) is 26.2 Å². The molecule has 20 heavy (non-hydrogen) atoms. The van der Waals surface area contributed by atoms with Gasteiger partial charge in [0.1, 0.15) is 0 Å². The Labute approximate surface area is 125 Å². The zero-order valence-corrected chi connectivity index (χ0v) is 13.9. The molecule has 0 aliphatic rings. The van der Waals surface area contributed by atoms with Gasteiger partial charge in [0.2, 0.25) is 0 Å². The van der Waals surface area contributed by atoms with Crippen molar-refractivity contribution in [2.24, 2.45) is 5.41 Å². The summed E-state index contributed by atoms with van der Waals surface area (Å²) in [6.45, 7) is 15.8. The van der Waals surface area contributed by atoms with E-state index in [9.17, 15) is 0 Å². The van der Waals surface area contributed by atoms with Gasteiger partial charge in [-0.05, 0) is 37.0 Å². The highest BCUT2D eigenvalue weighted by Crippen LogP contribution is 2.22. The largest absolute Gasteiger partial charge is 0.314 e. The van der Waals surface area contributed by atoms with Gasteiger partial charge in [0.25, 0.3) is 0 Å². The molecule has 0 bridgehead atoms. The van der Waals surface area contributed by atoms with E-state index in [2.05, 4.69) is 75.2 Å². The minimum absolute atomic E-state index is 0.322. The first kappa shape index (κ1) is 17.2. The maximum Gasteiger partial charge on any atom is 0.0233 e. The monoisotopic (exact) mass is 276 g/mol. The van der Waals surface area contributed by atoms with Crippen LogP contribution in [0.25, 0.3) is 0 Å². The van der Waals surface area contributed by atoms with Crippen molar-refractivity contribution in [1.29, 1.82) is 0 Å². The molecule has 1 aromatic rings. The topological polar surface area (TPSA) is 15.3 Å². The average molecular weight is 276 g/mol. The van der Waals surface area contributed by atoms with Gasteiger partial charge in [-0.15, -0.1) is 0 Å². The third kappa shape index (κ3) is 6.06. The Morgan fingerprint density at radius 2 is 1.75 bits per heavy atom. The summed E-state index contributed by atoms with van der Waals surface area (Å²) < 4.78 is 0. The Kier molecular flexibility index (Phi) is 7.25. The first-order valence-electron chi connectivity index (χ1n) is 7.97. The summed E-state index contributed by atoms with van der Waals surface area (Å²) in [5, 5.41) is 3.64. The van der Waals surface area contributed by atoms with Crippen molar-refractivity contribution in [1.82, 2.24) is 10.2 Å². The van der Waals surface area contributed by atoms with Crippen LogP contribution in [-0.4, -0.2) is 30.6 Å². The molecular weight excluding hydrogens is 244 g/mol. The van der Waals surface area contributed by atoms with Crippen LogP contribution in [0.3, 0.4) is 0 Å². The van der Waals surface area contributed by atoms with Crippen molar-refractivity contribution < 1.29 is 0 Å². The summed E-state index contributed by atoms with van der Waals surface area (Å²) in [4.78, 5) is 2.53. The van der Waals surface area contributed by atoms with Crippen molar-refractivity contribution in [2.45, 2.75) is 53.6 Å². The summed E-state index contributed by atoms with van der Waals surface area (Å²) in [6.07, 6.45) is 1.21. The standard InChI is InChI=1S/C18H32N2/c1-6-19-17(18(3,4)5)13-14-20(7-2)15-16-11-9-8-10-12-16/h8-12,17,19H,6-7,13-15H2,1-5H3. The van der Waals surface area contributed by atoms with Crippen LogP contribution in [0.5, 0.6) is 0 Å². The van der Waals surface area contributed by atoms with Crippen LogP contribution in [0.4, 0.5) is 0 Å².